The molecule has 0 aliphatic rings. The second-order valence-electron chi connectivity index (χ2n) is 4.72. The van der Waals surface area contributed by atoms with Crippen molar-refractivity contribution in [3.63, 3.8) is 0 Å². The number of nitrogens with zero attached hydrogens (tertiary/aromatic N) is 1. The Morgan fingerprint density at radius 1 is 0.745 bits per heavy atom. The lowest BCUT2D eigenvalue weighted by molar-refractivity contribution is -0.106. The van der Waals surface area contributed by atoms with Crippen LogP contribution in [0.1, 0.15) is 171 Å². The first-order chi connectivity index (χ1) is 26.9. The summed E-state index contributed by atoms with van der Waals surface area (Å²) in [5.41, 5.74) is 0. The van der Waals surface area contributed by atoms with Gasteiger partial charge >= 0.3 is 0 Å². The first-order valence-electron chi connectivity index (χ1n) is 19.0. The van der Waals surface area contributed by atoms with E-state index in [0.717, 1.165) is 32.8 Å². The van der Waals surface area contributed by atoms with E-state index in [1.165, 1.54) is 25.5 Å². The minimum atomic E-state index is 0.181. The molecule has 0 heterocycles. The molecule has 0 aliphatic heterocycles. The van der Waals surface area contributed by atoms with E-state index in [1.54, 1.807) is 27.2 Å². The van der Waals surface area contributed by atoms with Crippen LogP contribution >= 0.6 is 56.3 Å². The number of halogens is 2. The van der Waals surface area contributed by atoms with Crippen molar-refractivity contribution in [3.05, 3.63) is 13.2 Å². The average molecular weight is 968 g/mol. The quantitative estimate of drug-likeness (QED) is 0.0524. The molecule has 0 spiro atoms. The number of aldehydes is 1. The van der Waals surface area contributed by atoms with Crippen molar-refractivity contribution < 1.29 is 24.9 Å². The zero-order valence-corrected chi connectivity index (χ0v) is 47.3. The Kier molecular flexibility index (Phi) is 1730. The molecule has 6 nitrogen and oxygen atoms in total. The first-order valence-corrected chi connectivity index (χ1v) is 24.5. The summed E-state index contributed by atoms with van der Waals surface area (Å²) in [6.45, 7) is 50.2. The van der Waals surface area contributed by atoms with E-state index >= 15 is 0 Å². The van der Waals surface area contributed by atoms with Crippen molar-refractivity contribution >= 4 is 62.5 Å². The van der Waals surface area contributed by atoms with Crippen LogP contribution in [-0.2, 0) is 9.53 Å². The third-order valence-corrected chi connectivity index (χ3v) is 2.33. The number of ether oxygens (including phenoxy) is 1. The zero-order valence-electron chi connectivity index (χ0n) is 42.4. The lowest BCUT2D eigenvalue weighted by atomic mass is 10.3. The maximum atomic E-state index is 8.81. The van der Waals surface area contributed by atoms with Gasteiger partial charge in [0.2, 0.25) is 0 Å². The molecule has 350 valence electrons. The minimum Gasteiger partial charge on any atom is -0.400 e. The first kappa shape index (κ1) is 131. The lowest BCUT2D eigenvalue weighted by Crippen LogP contribution is -1.78. The van der Waals surface area contributed by atoms with E-state index in [1.807, 2.05) is 113 Å². The summed E-state index contributed by atoms with van der Waals surface area (Å²) in [5, 5.41) is 29.8. The standard InChI is InChI=1S/C5H12O.C5H8O.C3H8O.C3H8S.C3H8.C3H4.C2H4O.6C2H6.C2H4.C2H2.2CH3Br.CHN.CH4O.CH4S/c2*1-2-3-4-5-6;2*1-3-4-2;2*1-3-2;1-2-3;13*1-2/h6H,2-5H2,1H3;6H,4-5H2,1H3;2*3H2,1-2H3;3H2,1-2H3;1H,2H3;2H,1H3;6*1-2H3;1-2H2;1-2H;2*1H3;1H;2*2H,1H3. The Bertz CT molecular complexity index is 374. The third-order valence-electron chi connectivity index (χ3n) is 1.75. The van der Waals surface area contributed by atoms with Gasteiger partial charge in [-0.1, -0.05) is 162 Å². The van der Waals surface area contributed by atoms with Gasteiger partial charge in [0, 0.05) is 40.4 Å². The number of carbonyl (C=O) groups excluding carboxylic acids is 1. The van der Waals surface area contributed by atoms with Gasteiger partial charge in [0.05, 0.1) is 6.61 Å². The molecule has 55 heavy (non-hydrogen) atoms. The topological polar surface area (TPSA) is 111 Å². The highest BCUT2D eigenvalue weighted by Crippen LogP contribution is 1.89. The number of hydrogen-bond acceptors (Lipinski definition) is 8. The smallest absolute Gasteiger partial charge is 0.116 e. The normalized spacial score (nSPS) is 4.71. The lowest BCUT2D eigenvalue weighted by Gasteiger charge is -1.85. The summed E-state index contributed by atoms with van der Waals surface area (Å²) < 4.78 is 4.54. The summed E-state index contributed by atoms with van der Waals surface area (Å²) in [5.74, 6) is 12.5. The molecule has 0 radical (unpaired) electrons. The van der Waals surface area contributed by atoms with Crippen molar-refractivity contribution in [1.82, 2.24) is 0 Å². The van der Waals surface area contributed by atoms with Gasteiger partial charge in [-0.3, -0.25) is 0 Å². The van der Waals surface area contributed by atoms with Crippen LogP contribution in [0.3, 0.4) is 0 Å². The van der Waals surface area contributed by atoms with Gasteiger partial charge in [-0.15, -0.1) is 50.2 Å². The SMILES string of the molecule is C#C.C#CC.C#N.C=C.CBr.CBr.CC.CC.CC.CC.CC.CC.CC#CCCO.CC=O.CCC.CCCCCO.CCOC.CCSC.CO.CS. The van der Waals surface area contributed by atoms with E-state index < -0.39 is 0 Å². The summed E-state index contributed by atoms with van der Waals surface area (Å²) in [6.07, 6.45) is 22.3. The second kappa shape index (κ2) is 726. The number of unbranched alkanes of at least 4 members (excludes halogenated alkanes) is 2. The number of methoxy groups -OCH3 is 1. The van der Waals surface area contributed by atoms with E-state index in [-0.39, 0.29) is 6.61 Å². The molecule has 0 atom stereocenters. The van der Waals surface area contributed by atoms with Crippen molar-refractivity contribution in [2.75, 3.05) is 64.0 Å². The molecule has 0 aromatic carbocycles. The highest BCUT2D eigenvalue weighted by Gasteiger charge is 1.76. The zero-order chi connectivity index (χ0) is 50.6. The third kappa shape index (κ3) is 2760. The number of alkyl halides is 2. The Labute approximate surface area is 381 Å². The van der Waals surface area contributed by atoms with Crippen LogP contribution in [-0.4, -0.2) is 85.6 Å². The molecule has 0 bridgehead atoms. The monoisotopic (exact) mass is 966 g/mol. The Morgan fingerprint density at radius 2 is 0.927 bits per heavy atom. The Balaban J connectivity index is -0.0000000133. The molecular formula is C45H109Br2NO5S2. The number of aliphatic hydroxyl groups excluding tert-OH is 3. The predicted molar refractivity (Wildman–Crippen MR) is 284 cm³/mol. The summed E-state index contributed by atoms with van der Waals surface area (Å²) in [7, 11) is 2.68. The molecule has 10 heteroatoms. The number of thioether (sulfide) groups is 1. The second-order valence-corrected chi connectivity index (χ2v) is 5.87. The van der Waals surface area contributed by atoms with Crippen molar-refractivity contribution in [3.8, 4) is 43.6 Å². The maximum Gasteiger partial charge on any atom is 0.116 e. The summed E-state index contributed by atoms with van der Waals surface area (Å²) in [6, 6.07) is 0. The largest absolute Gasteiger partial charge is 0.400 e. The van der Waals surface area contributed by atoms with Gasteiger partial charge < -0.3 is 24.9 Å². The fourth-order valence-corrected chi connectivity index (χ4v) is 0.543. The average Bonchev–Trinajstić information content (AvgIpc) is 3.32. The minimum absolute atomic E-state index is 0.181. The molecule has 0 fully saturated rings. The van der Waals surface area contributed by atoms with Gasteiger partial charge in [-0.05, 0) is 64.0 Å². The molecule has 0 unspecified atom stereocenters. The maximum absolute atomic E-state index is 8.81. The highest BCUT2D eigenvalue weighted by atomic mass is 79.9. The number of thiol groups is 1. The van der Waals surface area contributed by atoms with Gasteiger partial charge in [0.25, 0.3) is 0 Å². The van der Waals surface area contributed by atoms with Crippen LogP contribution in [0.2, 0.25) is 0 Å². The molecule has 0 aromatic rings. The van der Waals surface area contributed by atoms with Crippen LogP contribution in [0, 0.1) is 48.9 Å². The molecule has 0 amide bonds. The molecule has 3 N–H and O–H groups in total. The Hall–Kier alpha value is -0.920. The van der Waals surface area contributed by atoms with E-state index in [0.29, 0.717) is 13.0 Å². The van der Waals surface area contributed by atoms with E-state index in [9.17, 15) is 0 Å². The number of nitriles is 1. The highest BCUT2D eigenvalue weighted by molar-refractivity contribution is 9.09. The fourth-order valence-electron chi connectivity index (χ4n) is 0.543. The molecule has 0 saturated carbocycles. The molecule has 0 aromatic heterocycles. The van der Waals surface area contributed by atoms with Crippen LogP contribution in [0.25, 0.3) is 0 Å². The molecule has 0 aliphatic carbocycles. The summed E-state index contributed by atoms with van der Waals surface area (Å²) in [4.78, 5) is 8.81. The molecular weight excluding hydrogens is 858 g/mol. The van der Waals surface area contributed by atoms with Gasteiger partial charge in [-0.25, -0.2) is 5.26 Å². The Morgan fingerprint density at radius 3 is 0.964 bits per heavy atom. The van der Waals surface area contributed by atoms with Gasteiger partial charge in [0.1, 0.15) is 6.29 Å². The van der Waals surface area contributed by atoms with Crippen LogP contribution in [0.4, 0.5) is 0 Å². The molecule has 0 rings (SSSR count). The molecule has 0 saturated heterocycles. The van der Waals surface area contributed by atoms with Gasteiger partial charge in [0.15, 0.2) is 0 Å². The van der Waals surface area contributed by atoms with Crippen LogP contribution in [0.5, 0.6) is 0 Å². The van der Waals surface area contributed by atoms with Crippen molar-refractivity contribution in [2.45, 2.75) is 171 Å². The van der Waals surface area contributed by atoms with Crippen LogP contribution < -0.4 is 0 Å². The number of rotatable bonds is 6. The van der Waals surface area contributed by atoms with Gasteiger partial charge in [-0.2, -0.15) is 24.4 Å². The number of aliphatic hydroxyl groups is 3. The number of hydrogen-bond donors (Lipinski definition) is 4. The predicted octanol–water partition coefficient (Wildman–Crippen LogP) is 15.4. The fraction of sp³-hybridized carbons (Fsp3) is 0.778. The number of carbonyl (C=O) groups is 1. The summed E-state index contributed by atoms with van der Waals surface area (Å²) >= 11 is 11.3. The van der Waals surface area contributed by atoms with E-state index in [2.05, 4.69) is 140 Å². The number of terminal acetylenes is 2. The van der Waals surface area contributed by atoms with Crippen molar-refractivity contribution in [2.24, 2.45) is 0 Å². The van der Waals surface area contributed by atoms with Crippen LogP contribution in [0.15, 0.2) is 13.2 Å². The van der Waals surface area contributed by atoms with E-state index in [4.69, 9.17) is 25.4 Å². The van der Waals surface area contributed by atoms with Crippen molar-refractivity contribution in [1.29, 1.82) is 5.26 Å².